The standard InChI is InChI=1S/C41H72N2O6/c1-12-47-35(38(6,7)45)31(46-11)23-26(2)28-13-14-29-30-15-16-32-37(4,5)33(17-18-41(32)25-40(30,41)20-19-39(28,29)8)49-34-24-43(21-22-48-34)27(3)36(44)42(9)10/h26-35,45H,12-25H2,1-11H3/t26-,27+,28-,29?,30?,31?,32+,33+,34?,35+,39-,40?,41-/m1/s1. The molecule has 1 saturated heterocycles. The van der Waals surface area contributed by atoms with Crippen LogP contribution >= 0.6 is 0 Å². The van der Waals surface area contributed by atoms with E-state index in [0.717, 1.165) is 31.2 Å². The maximum absolute atomic E-state index is 12.7. The van der Waals surface area contributed by atoms with Gasteiger partial charge in [0.1, 0.15) is 6.10 Å². The quantitative estimate of drug-likeness (QED) is 0.242. The first-order valence-electron chi connectivity index (χ1n) is 20.1. The summed E-state index contributed by atoms with van der Waals surface area (Å²) in [4.78, 5) is 16.6. The fourth-order valence-corrected chi connectivity index (χ4v) is 13.7. The molecule has 1 N–H and O–H groups in total. The lowest BCUT2D eigenvalue weighted by Crippen LogP contribution is -2.57. The molecule has 6 rings (SSSR count). The molecule has 5 aliphatic carbocycles. The summed E-state index contributed by atoms with van der Waals surface area (Å²) in [5.41, 5.74) is 0.543. The van der Waals surface area contributed by atoms with E-state index in [4.69, 9.17) is 18.9 Å². The molecule has 8 heteroatoms. The van der Waals surface area contributed by atoms with Crippen molar-refractivity contribution in [2.24, 2.45) is 51.2 Å². The highest BCUT2D eigenvalue weighted by Gasteiger charge is 2.80. The summed E-state index contributed by atoms with van der Waals surface area (Å²) in [6.45, 7) is 20.5. The van der Waals surface area contributed by atoms with Crippen LogP contribution in [-0.2, 0) is 23.7 Å². The van der Waals surface area contributed by atoms with Crippen LogP contribution in [0.4, 0.5) is 0 Å². The van der Waals surface area contributed by atoms with Crippen molar-refractivity contribution in [3.63, 3.8) is 0 Å². The molecule has 1 aliphatic heterocycles. The Kier molecular flexibility index (Phi) is 10.5. The van der Waals surface area contributed by atoms with Crippen LogP contribution in [0.5, 0.6) is 0 Å². The van der Waals surface area contributed by atoms with E-state index in [1.165, 1.54) is 51.4 Å². The topological polar surface area (TPSA) is 80.7 Å². The van der Waals surface area contributed by atoms with Crippen LogP contribution < -0.4 is 0 Å². The average Bonchev–Trinajstić information content (AvgIpc) is 3.58. The SMILES string of the molecule is CCO[C@@H](C(C[C@@H](C)[C@H]1CCC2C3CC[C@H]4C(C)(C)[C@@H](OC5CN([C@@H](C)C(=O)N(C)C)CCO5)CC[C@@]45CC35CC[C@@]21C)OC)C(C)(C)O. The minimum atomic E-state index is -0.943. The van der Waals surface area contributed by atoms with Gasteiger partial charge in [-0.05, 0) is 143 Å². The predicted octanol–water partition coefficient (Wildman–Crippen LogP) is 6.77. The summed E-state index contributed by atoms with van der Waals surface area (Å²) in [7, 11) is 5.46. The maximum Gasteiger partial charge on any atom is 0.239 e. The van der Waals surface area contributed by atoms with E-state index in [1.807, 2.05) is 41.8 Å². The molecule has 6 fully saturated rings. The highest BCUT2D eigenvalue weighted by Crippen LogP contribution is 2.87. The minimum Gasteiger partial charge on any atom is -0.388 e. The summed E-state index contributed by atoms with van der Waals surface area (Å²) in [6, 6.07) is -0.162. The first-order valence-corrected chi connectivity index (χ1v) is 20.1. The van der Waals surface area contributed by atoms with Crippen LogP contribution in [0, 0.1) is 51.2 Å². The molecule has 13 atom stereocenters. The normalized spacial score (nSPS) is 42.5. The third-order valence-corrected chi connectivity index (χ3v) is 16.0. The first-order chi connectivity index (χ1) is 23.0. The van der Waals surface area contributed by atoms with Crippen molar-refractivity contribution in [2.75, 3.05) is 47.5 Å². The van der Waals surface area contributed by atoms with Gasteiger partial charge in [0.05, 0.1) is 37.0 Å². The minimum absolute atomic E-state index is 0.101. The molecule has 6 aliphatic rings. The number of rotatable bonds is 12. The van der Waals surface area contributed by atoms with E-state index in [1.54, 1.807) is 12.0 Å². The van der Waals surface area contributed by atoms with E-state index in [2.05, 4.69) is 32.6 Å². The Morgan fingerprint density at radius 3 is 2.39 bits per heavy atom. The van der Waals surface area contributed by atoms with Gasteiger partial charge in [-0.15, -0.1) is 0 Å². The largest absolute Gasteiger partial charge is 0.388 e. The van der Waals surface area contributed by atoms with Crippen LogP contribution in [0.2, 0.25) is 0 Å². The van der Waals surface area contributed by atoms with Gasteiger partial charge in [-0.2, -0.15) is 0 Å². The van der Waals surface area contributed by atoms with Crippen LogP contribution in [0.15, 0.2) is 0 Å². The number of amides is 1. The zero-order valence-corrected chi connectivity index (χ0v) is 33.1. The smallest absolute Gasteiger partial charge is 0.239 e. The van der Waals surface area contributed by atoms with Crippen LogP contribution in [-0.4, -0.2) is 105 Å². The molecule has 282 valence electrons. The monoisotopic (exact) mass is 689 g/mol. The summed E-state index contributed by atoms with van der Waals surface area (Å²) >= 11 is 0. The van der Waals surface area contributed by atoms with Gasteiger partial charge in [0, 0.05) is 34.4 Å². The van der Waals surface area contributed by atoms with Crippen molar-refractivity contribution in [1.29, 1.82) is 0 Å². The molecule has 5 unspecified atom stereocenters. The number of fused-ring (bicyclic) bond motifs is 2. The lowest BCUT2D eigenvalue weighted by atomic mass is 9.46. The molecule has 5 saturated carbocycles. The number of aliphatic hydroxyl groups is 1. The molecule has 0 aromatic rings. The molecule has 0 aromatic carbocycles. The van der Waals surface area contributed by atoms with Crippen LogP contribution in [0.3, 0.4) is 0 Å². The molecule has 49 heavy (non-hydrogen) atoms. The Bertz CT molecular complexity index is 1190. The van der Waals surface area contributed by atoms with Gasteiger partial charge in [-0.3, -0.25) is 9.69 Å². The molecule has 1 amide bonds. The molecule has 0 bridgehead atoms. The second kappa shape index (κ2) is 13.6. The number of hydrogen-bond acceptors (Lipinski definition) is 7. The number of morpholine rings is 1. The van der Waals surface area contributed by atoms with Gasteiger partial charge in [-0.25, -0.2) is 0 Å². The molecule has 0 radical (unpaired) electrons. The number of carbonyl (C=O) groups excluding carboxylic acids is 1. The van der Waals surface area contributed by atoms with Gasteiger partial charge < -0.3 is 29.0 Å². The molecule has 0 aromatic heterocycles. The van der Waals surface area contributed by atoms with Crippen molar-refractivity contribution in [2.45, 2.75) is 156 Å². The van der Waals surface area contributed by atoms with Crippen molar-refractivity contribution in [1.82, 2.24) is 9.80 Å². The predicted molar refractivity (Wildman–Crippen MR) is 193 cm³/mol. The Labute approximate surface area is 298 Å². The van der Waals surface area contributed by atoms with Gasteiger partial charge >= 0.3 is 0 Å². The van der Waals surface area contributed by atoms with Crippen molar-refractivity contribution in [3.05, 3.63) is 0 Å². The third kappa shape index (κ3) is 6.26. The van der Waals surface area contributed by atoms with Gasteiger partial charge in [0.15, 0.2) is 6.29 Å². The fourth-order valence-electron chi connectivity index (χ4n) is 13.7. The van der Waals surface area contributed by atoms with E-state index in [0.29, 0.717) is 53.8 Å². The van der Waals surface area contributed by atoms with Crippen molar-refractivity contribution < 1.29 is 28.8 Å². The Balaban J connectivity index is 1.12. The summed E-state index contributed by atoms with van der Waals surface area (Å²) in [6.07, 6.45) is 12.4. The van der Waals surface area contributed by atoms with Gasteiger partial charge in [-0.1, -0.05) is 27.7 Å². The van der Waals surface area contributed by atoms with E-state index < -0.39 is 5.60 Å². The zero-order chi connectivity index (χ0) is 35.7. The third-order valence-electron chi connectivity index (χ3n) is 16.0. The lowest BCUT2D eigenvalue weighted by Gasteiger charge is -2.60. The summed E-state index contributed by atoms with van der Waals surface area (Å²) < 4.78 is 25.2. The van der Waals surface area contributed by atoms with Crippen molar-refractivity contribution >= 4 is 5.91 Å². The molecule has 8 nitrogen and oxygen atoms in total. The fraction of sp³-hybridized carbons (Fsp3) is 0.976. The van der Waals surface area contributed by atoms with Crippen molar-refractivity contribution in [3.8, 4) is 0 Å². The number of likely N-dealkylation sites (N-methyl/N-ethyl adjacent to an activating group) is 1. The summed E-state index contributed by atoms with van der Waals surface area (Å²) in [5.74, 6) is 3.72. The number of carbonyl (C=O) groups is 1. The molecule has 1 heterocycles. The molecule has 2 spiro atoms. The van der Waals surface area contributed by atoms with Crippen LogP contribution in [0.25, 0.3) is 0 Å². The van der Waals surface area contributed by atoms with E-state index in [-0.39, 0.29) is 42.0 Å². The number of ether oxygens (including phenoxy) is 4. The number of hydrogen-bond donors (Lipinski definition) is 1. The molecular weight excluding hydrogens is 616 g/mol. The lowest BCUT2D eigenvalue weighted by molar-refractivity contribution is -0.247. The summed E-state index contributed by atoms with van der Waals surface area (Å²) in [5, 5.41) is 10.9. The number of methoxy groups -OCH3 is 1. The first kappa shape index (κ1) is 38.0. The Hall–Kier alpha value is -0.770. The highest BCUT2D eigenvalue weighted by molar-refractivity contribution is 5.80. The maximum atomic E-state index is 12.7. The van der Waals surface area contributed by atoms with E-state index >= 15 is 0 Å². The second-order valence-corrected chi connectivity index (χ2v) is 19.2. The second-order valence-electron chi connectivity index (χ2n) is 19.2. The Morgan fingerprint density at radius 2 is 1.73 bits per heavy atom. The Morgan fingerprint density at radius 1 is 1.02 bits per heavy atom. The van der Waals surface area contributed by atoms with Gasteiger partial charge in [0.2, 0.25) is 5.91 Å². The molecular formula is C41H72N2O6. The average molecular weight is 689 g/mol. The van der Waals surface area contributed by atoms with Gasteiger partial charge in [0.25, 0.3) is 0 Å². The zero-order valence-electron chi connectivity index (χ0n) is 33.1. The highest BCUT2D eigenvalue weighted by atomic mass is 16.7. The number of nitrogens with zero attached hydrogens (tertiary/aromatic N) is 2. The van der Waals surface area contributed by atoms with Crippen LogP contribution in [0.1, 0.15) is 120 Å². The van der Waals surface area contributed by atoms with E-state index in [9.17, 15) is 9.90 Å².